The fourth-order valence-corrected chi connectivity index (χ4v) is 4.16. The molecule has 2 heterocycles. The Labute approximate surface area is 188 Å². The number of rotatable bonds is 5. The lowest BCUT2D eigenvalue weighted by molar-refractivity contribution is -0.132. The van der Waals surface area contributed by atoms with Gasteiger partial charge in [-0.05, 0) is 43.9 Å². The van der Waals surface area contributed by atoms with Crippen molar-refractivity contribution in [2.75, 3.05) is 19.6 Å². The van der Waals surface area contributed by atoms with Crippen molar-refractivity contribution in [3.8, 4) is 11.1 Å². The molecule has 0 radical (unpaired) electrons. The topological polar surface area (TPSA) is 80.1 Å². The summed E-state index contributed by atoms with van der Waals surface area (Å²) < 4.78 is 1.62. The van der Waals surface area contributed by atoms with Crippen molar-refractivity contribution < 1.29 is 9.59 Å². The maximum absolute atomic E-state index is 12.9. The van der Waals surface area contributed by atoms with E-state index in [0.29, 0.717) is 37.7 Å². The van der Waals surface area contributed by atoms with Gasteiger partial charge >= 0.3 is 0 Å². The van der Waals surface area contributed by atoms with Crippen molar-refractivity contribution in [1.82, 2.24) is 25.0 Å². The highest BCUT2D eigenvalue weighted by atomic mass is 16.2. The fourth-order valence-electron chi connectivity index (χ4n) is 4.16. The third kappa shape index (κ3) is 5.04. The molecule has 7 heteroatoms. The normalized spacial score (nSPS) is 16.5. The largest absolute Gasteiger partial charge is 0.354 e. The summed E-state index contributed by atoms with van der Waals surface area (Å²) in [5, 5.41) is 7.24. The molecule has 0 unspecified atom stereocenters. The van der Waals surface area contributed by atoms with Crippen LogP contribution < -0.4 is 5.32 Å². The number of aryl methyl sites for hydroxylation is 3. The number of carbonyl (C=O) groups is 2. The predicted octanol–water partition coefficient (Wildman–Crippen LogP) is 2.69. The molecule has 0 aliphatic carbocycles. The maximum Gasteiger partial charge on any atom is 0.244 e. The van der Waals surface area contributed by atoms with Gasteiger partial charge in [-0.2, -0.15) is 5.10 Å². The molecule has 1 N–H and O–H groups in total. The number of benzene rings is 2. The summed E-state index contributed by atoms with van der Waals surface area (Å²) in [5.41, 5.74) is 4.64. The van der Waals surface area contributed by atoms with Gasteiger partial charge < -0.3 is 10.2 Å². The third-order valence-corrected chi connectivity index (χ3v) is 5.88. The Morgan fingerprint density at radius 3 is 2.56 bits per heavy atom. The molecule has 0 spiro atoms. The number of hydrogen-bond donors (Lipinski definition) is 1. The summed E-state index contributed by atoms with van der Waals surface area (Å²) in [6.45, 7) is 7.23. The van der Waals surface area contributed by atoms with Crippen LogP contribution in [0.25, 0.3) is 11.1 Å². The zero-order valence-electron chi connectivity index (χ0n) is 18.8. The molecule has 1 aromatic heterocycles. The molecule has 1 fully saturated rings. The number of hydrogen-bond acceptors (Lipinski definition) is 4. The minimum Gasteiger partial charge on any atom is -0.354 e. The minimum atomic E-state index is -0.287. The number of amides is 2. The second kappa shape index (κ2) is 9.34. The summed E-state index contributed by atoms with van der Waals surface area (Å²) in [5.74, 6) is 1.02. The van der Waals surface area contributed by atoms with Crippen LogP contribution in [0.3, 0.4) is 0 Å². The van der Waals surface area contributed by atoms with Crippen LogP contribution in [0.15, 0.2) is 48.5 Å². The lowest BCUT2D eigenvalue weighted by atomic mass is 9.95. The Kier molecular flexibility index (Phi) is 6.35. The van der Waals surface area contributed by atoms with Crippen LogP contribution >= 0.6 is 0 Å². The molecule has 1 saturated heterocycles. The van der Waals surface area contributed by atoms with Gasteiger partial charge in [-0.15, -0.1) is 0 Å². The first kappa shape index (κ1) is 21.7. The van der Waals surface area contributed by atoms with Crippen LogP contribution in [0.2, 0.25) is 0 Å². The van der Waals surface area contributed by atoms with Gasteiger partial charge in [-0.1, -0.05) is 54.1 Å². The summed E-state index contributed by atoms with van der Waals surface area (Å²) in [7, 11) is 0. The molecular formula is C25H29N5O2. The van der Waals surface area contributed by atoms with E-state index in [9.17, 15) is 9.59 Å². The molecule has 4 rings (SSSR count). The third-order valence-electron chi connectivity index (χ3n) is 5.88. The van der Waals surface area contributed by atoms with Crippen molar-refractivity contribution in [2.24, 2.45) is 5.92 Å². The molecule has 2 amide bonds. The second-order valence-corrected chi connectivity index (χ2v) is 8.46. The monoisotopic (exact) mass is 431 g/mol. The molecule has 1 aliphatic heterocycles. The first-order valence-electron chi connectivity index (χ1n) is 11.0. The first-order valence-corrected chi connectivity index (χ1v) is 11.0. The molecule has 32 heavy (non-hydrogen) atoms. The quantitative estimate of drug-likeness (QED) is 0.674. The van der Waals surface area contributed by atoms with Crippen molar-refractivity contribution >= 4 is 11.8 Å². The van der Waals surface area contributed by atoms with Gasteiger partial charge in [0.25, 0.3) is 0 Å². The van der Waals surface area contributed by atoms with E-state index in [2.05, 4.69) is 70.9 Å². The van der Waals surface area contributed by atoms with Crippen LogP contribution in [0.5, 0.6) is 0 Å². The molecule has 166 valence electrons. The fraction of sp³-hybridized carbons (Fsp3) is 0.360. The zero-order chi connectivity index (χ0) is 22.7. The van der Waals surface area contributed by atoms with Crippen LogP contribution in [0, 0.1) is 26.7 Å². The van der Waals surface area contributed by atoms with E-state index in [4.69, 9.17) is 0 Å². The molecule has 1 aliphatic rings. The second-order valence-electron chi connectivity index (χ2n) is 8.46. The van der Waals surface area contributed by atoms with E-state index < -0.39 is 0 Å². The lowest BCUT2D eigenvalue weighted by Gasteiger charge is -2.23. The molecule has 3 aromatic rings. The predicted molar refractivity (Wildman–Crippen MR) is 123 cm³/mol. The Bertz CT molecular complexity index is 1120. The highest BCUT2D eigenvalue weighted by Crippen LogP contribution is 2.22. The van der Waals surface area contributed by atoms with E-state index in [1.807, 2.05) is 13.8 Å². The summed E-state index contributed by atoms with van der Waals surface area (Å²) in [6.07, 6.45) is 0.588. The van der Waals surface area contributed by atoms with E-state index in [-0.39, 0.29) is 24.3 Å². The van der Waals surface area contributed by atoms with Gasteiger partial charge in [-0.25, -0.2) is 9.67 Å². The van der Waals surface area contributed by atoms with Crippen molar-refractivity contribution in [3.63, 3.8) is 0 Å². The smallest absolute Gasteiger partial charge is 0.244 e. The zero-order valence-corrected chi connectivity index (χ0v) is 18.8. The van der Waals surface area contributed by atoms with Crippen LogP contribution in [-0.2, 0) is 22.6 Å². The number of nitrogens with zero attached hydrogens (tertiary/aromatic N) is 4. The molecule has 1 atom stereocenters. The van der Waals surface area contributed by atoms with Crippen molar-refractivity contribution in [3.05, 3.63) is 71.3 Å². The highest BCUT2D eigenvalue weighted by molar-refractivity contribution is 5.82. The SMILES string of the molecule is Cc1cccc(-c2ccc(C[C@H]3CN(C(=O)Cn4nc(C)nc4C)CCNC3=O)cc2)c1. The Morgan fingerprint density at radius 1 is 1.09 bits per heavy atom. The molecular weight excluding hydrogens is 402 g/mol. The van der Waals surface area contributed by atoms with E-state index in [1.54, 1.807) is 9.58 Å². The van der Waals surface area contributed by atoms with Gasteiger partial charge in [0.05, 0.1) is 5.92 Å². The van der Waals surface area contributed by atoms with Crippen LogP contribution in [-0.4, -0.2) is 51.1 Å². The van der Waals surface area contributed by atoms with Crippen LogP contribution in [0.4, 0.5) is 0 Å². The Morgan fingerprint density at radius 2 is 1.88 bits per heavy atom. The Hall–Kier alpha value is -3.48. The van der Waals surface area contributed by atoms with Gasteiger partial charge in [0, 0.05) is 19.6 Å². The van der Waals surface area contributed by atoms with Gasteiger partial charge in [-0.3, -0.25) is 9.59 Å². The highest BCUT2D eigenvalue weighted by Gasteiger charge is 2.28. The molecule has 2 aromatic carbocycles. The van der Waals surface area contributed by atoms with Gasteiger partial charge in [0.1, 0.15) is 18.2 Å². The summed E-state index contributed by atoms with van der Waals surface area (Å²) in [6, 6.07) is 16.7. The van der Waals surface area contributed by atoms with E-state index in [1.165, 1.54) is 11.1 Å². The average Bonchev–Trinajstić information content (AvgIpc) is 2.97. The van der Waals surface area contributed by atoms with Crippen LogP contribution in [0.1, 0.15) is 22.8 Å². The standard InChI is InChI=1S/C25H29N5O2/c1-17-5-4-6-22(13-17)21-9-7-20(8-10-21)14-23-15-29(12-11-26-25(23)32)24(31)16-30-19(3)27-18(2)28-30/h4-10,13,23H,11-12,14-16H2,1-3H3,(H,26,32)/t23-/m0/s1. The summed E-state index contributed by atoms with van der Waals surface area (Å²) in [4.78, 5) is 31.6. The van der Waals surface area contributed by atoms with Gasteiger partial charge in [0.15, 0.2) is 0 Å². The number of carbonyl (C=O) groups excluding carboxylic acids is 2. The van der Waals surface area contributed by atoms with Crippen molar-refractivity contribution in [1.29, 1.82) is 0 Å². The number of nitrogens with one attached hydrogen (secondary N) is 1. The molecule has 0 saturated carbocycles. The van der Waals surface area contributed by atoms with E-state index in [0.717, 1.165) is 11.1 Å². The van der Waals surface area contributed by atoms with Gasteiger partial charge in [0.2, 0.25) is 11.8 Å². The minimum absolute atomic E-state index is 0.00385. The molecule has 7 nitrogen and oxygen atoms in total. The maximum atomic E-state index is 12.9. The van der Waals surface area contributed by atoms with E-state index >= 15 is 0 Å². The molecule has 0 bridgehead atoms. The number of aromatic nitrogens is 3. The first-order chi connectivity index (χ1) is 15.4. The summed E-state index contributed by atoms with van der Waals surface area (Å²) >= 11 is 0. The van der Waals surface area contributed by atoms with Crippen molar-refractivity contribution in [2.45, 2.75) is 33.7 Å². The lowest BCUT2D eigenvalue weighted by Crippen LogP contribution is -2.39. The Balaban J connectivity index is 1.44. The average molecular weight is 432 g/mol.